The second kappa shape index (κ2) is 6.62. The number of aliphatic hydroxyl groups excluding tert-OH is 1. The van der Waals surface area contributed by atoms with Crippen molar-refractivity contribution in [3.05, 3.63) is 29.8 Å². The van der Waals surface area contributed by atoms with Crippen LogP contribution in [0, 0.1) is 0 Å². The van der Waals surface area contributed by atoms with Crippen molar-refractivity contribution < 1.29 is 9.84 Å². The first kappa shape index (κ1) is 14.0. The fourth-order valence-corrected chi connectivity index (χ4v) is 1.56. The van der Waals surface area contributed by atoms with E-state index in [0.717, 1.165) is 24.4 Å². The first-order valence-corrected chi connectivity index (χ1v) is 6.11. The van der Waals surface area contributed by atoms with Gasteiger partial charge >= 0.3 is 0 Å². The third-order valence-corrected chi connectivity index (χ3v) is 2.69. The molecule has 0 unspecified atom stereocenters. The lowest BCUT2D eigenvalue weighted by Crippen LogP contribution is -2.23. The molecule has 0 amide bonds. The van der Waals surface area contributed by atoms with Crippen LogP contribution in [0.4, 0.5) is 5.69 Å². The quantitative estimate of drug-likeness (QED) is 0.825. The van der Waals surface area contributed by atoms with Crippen molar-refractivity contribution in [3.8, 4) is 0 Å². The molecule has 1 aromatic rings. The van der Waals surface area contributed by atoms with Gasteiger partial charge in [0.05, 0.1) is 18.8 Å². The molecule has 0 aromatic heterocycles. The lowest BCUT2D eigenvalue weighted by Gasteiger charge is -2.20. The standard InChI is InChI=1S/C14H23NO2/c1-11(2)17-10-9-15(4)14-7-5-13(6-8-14)12(3)16/h5-8,11-12,16H,9-10H2,1-4H3/t12-/m1/s1. The Kier molecular flexibility index (Phi) is 5.45. The van der Waals surface area contributed by atoms with Gasteiger partial charge < -0.3 is 14.7 Å². The number of anilines is 1. The second-order valence-electron chi connectivity index (χ2n) is 4.61. The maximum atomic E-state index is 9.42. The fourth-order valence-electron chi connectivity index (χ4n) is 1.56. The van der Waals surface area contributed by atoms with E-state index in [0.29, 0.717) is 0 Å². The highest BCUT2D eigenvalue weighted by Gasteiger charge is 2.04. The maximum absolute atomic E-state index is 9.42. The molecular weight excluding hydrogens is 214 g/mol. The highest BCUT2D eigenvalue weighted by molar-refractivity contribution is 5.47. The van der Waals surface area contributed by atoms with E-state index in [-0.39, 0.29) is 6.10 Å². The van der Waals surface area contributed by atoms with Gasteiger partial charge in [-0.3, -0.25) is 0 Å². The molecule has 0 aliphatic rings. The van der Waals surface area contributed by atoms with E-state index in [1.807, 2.05) is 45.2 Å². The van der Waals surface area contributed by atoms with E-state index in [1.165, 1.54) is 0 Å². The smallest absolute Gasteiger partial charge is 0.0761 e. The van der Waals surface area contributed by atoms with Gasteiger partial charge in [-0.15, -0.1) is 0 Å². The maximum Gasteiger partial charge on any atom is 0.0761 e. The molecule has 17 heavy (non-hydrogen) atoms. The lowest BCUT2D eigenvalue weighted by molar-refractivity contribution is 0.0846. The predicted molar refractivity (Wildman–Crippen MR) is 71.4 cm³/mol. The Bertz CT molecular complexity index is 319. The number of benzene rings is 1. The summed E-state index contributed by atoms with van der Waals surface area (Å²) in [7, 11) is 2.04. The third kappa shape index (κ3) is 4.75. The summed E-state index contributed by atoms with van der Waals surface area (Å²) in [6.07, 6.45) is -0.125. The van der Waals surface area contributed by atoms with Crippen molar-refractivity contribution in [1.82, 2.24) is 0 Å². The predicted octanol–water partition coefficient (Wildman–Crippen LogP) is 2.60. The number of nitrogens with zero attached hydrogens (tertiary/aromatic N) is 1. The molecule has 0 heterocycles. The summed E-state index contributed by atoms with van der Waals surface area (Å²) in [6, 6.07) is 7.97. The van der Waals surface area contributed by atoms with Crippen LogP contribution in [0.1, 0.15) is 32.4 Å². The van der Waals surface area contributed by atoms with Crippen LogP contribution in [-0.2, 0) is 4.74 Å². The first-order chi connectivity index (χ1) is 8.00. The van der Waals surface area contributed by atoms with Crippen LogP contribution in [0.3, 0.4) is 0 Å². The Morgan fingerprint density at radius 2 is 1.76 bits per heavy atom. The zero-order valence-electron chi connectivity index (χ0n) is 11.2. The second-order valence-corrected chi connectivity index (χ2v) is 4.61. The number of rotatable bonds is 6. The van der Waals surface area contributed by atoms with Crippen molar-refractivity contribution in [1.29, 1.82) is 0 Å². The van der Waals surface area contributed by atoms with E-state index in [2.05, 4.69) is 4.90 Å². The van der Waals surface area contributed by atoms with Gasteiger partial charge in [0.1, 0.15) is 0 Å². The van der Waals surface area contributed by atoms with Gasteiger partial charge in [-0.25, -0.2) is 0 Å². The Morgan fingerprint density at radius 3 is 2.24 bits per heavy atom. The fraction of sp³-hybridized carbons (Fsp3) is 0.571. The summed E-state index contributed by atoms with van der Waals surface area (Å²) in [4.78, 5) is 2.15. The van der Waals surface area contributed by atoms with E-state index < -0.39 is 6.10 Å². The molecule has 0 aliphatic heterocycles. The molecule has 0 spiro atoms. The molecule has 96 valence electrons. The van der Waals surface area contributed by atoms with E-state index in [1.54, 1.807) is 6.92 Å². The lowest BCUT2D eigenvalue weighted by atomic mass is 10.1. The molecule has 1 rings (SSSR count). The average molecular weight is 237 g/mol. The van der Waals surface area contributed by atoms with Gasteiger partial charge in [0.25, 0.3) is 0 Å². The summed E-state index contributed by atoms with van der Waals surface area (Å²) in [5.74, 6) is 0. The summed E-state index contributed by atoms with van der Waals surface area (Å²) in [5, 5.41) is 9.42. The average Bonchev–Trinajstić information content (AvgIpc) is 2.28. The molecule has 0 bridgehead atoms. The summed E-state index contributed by atoms with van der Waals surface area (Å²) < 4.78 is 5.51. The highest BCUT2D eigenvalue weighted by Crippen LogP contribution is 2.17. The number of ether oxygens (including phenoxy) is 1. The zero-order valence-corrected chi connectivity index (χ0v) is 11.2. The molecule has 1 atom stereocenters. The van der Waals surface area contributed by atoms with Crippen LogP contribution < -0.4 is 4.90 Å². The van der Waals surface area contributed by atoms with Crippen molar-refractivity contribution >= 4 is 5.69 Å². The summed E-state index contributed by atoms with van der Waals surface area (Å²) >= 11 is 0. The molecule has 3 nitrogen and oxygen atoms in total. The molecule has 1 N–H and O–H groups in total. The van der Waals surface area contributed by atoms with Crippen molar-refractivity contribution in [3.63, 3.8) is 0 Å². The minimum atomic E-state index is -0.404. The summed E-state index contributed by atoms with van der Waals surface area (Å²) in [6.45, 7) is 7.45. The topological polar surface area (TPSA) is 32.7 Å². The summed E-state index contributed by atoms with van der Waals surface area (Å²) in [5.41, 5.74) is 2.09. The van der Waals surface area contributed by atoms with Gasteiger partial charge in [0.2, 0.25) is 0 Å². The molecule has 0 saturated carbocycles. The molecule has 3 heteroatoms. The number of likely N-dealkylation sites (N-methyl/N-ethyl adjacent to an activating group) is 1. The van der Waals surface area contributed by atoms with Crippen LogP contribution in [0.25, 0.3) is 0 Å². The normalized spacial score (nSPS) is 12.8. The van der Waals surface area contributed by atoms with Crippen LogP contribution in [0.5, 0.6) is 0 Å². The Balaban J connectivity index is 2.48. The Labute approximate surface area is 104 Å². The minimum absolute atomic E-state index is 0.279. The Morgan fingerprint density at radius 1 is 1.18 bits per heavy atom. The molecule has 0 saturated heterocycles. The minimum Gasteiger partial charge on any atom is -0.389 e. The van der Waals surface area contributed by atoms with Gasteiger partial charge in [-0.2, -0.15) is 0 Å². The molecule has 0 aliphatic carbocycles. The van der Waals surface area contributed by atoms with Crippen molar-refractivity contribution in [2.24, 2.45) is 0 Å². The third-order valence-electron chi connectivity index (χ3n) is 2.69. The monoisotopic (exact) mass is 237 g/mol. The van der Waals surface area contributed by atoms with Crippen molar-refractivity contribution in [2.75, 3.05) is 25.1 Å². The van der Waals surface area contributed by atoms with Crippen LogP contribution in [0.2, 0.25) is 0 Å². The Hall–Kier alpha value is -1.06. The number of aliphatic hydroxyl groups is 1. The van der Waals surface area contributed by atoms with Gasteiger partial charge in [0.15, 0.2) is 0 Å². The van der Waals surface area contributed by atoms with Crippen LogP contribution in [0.15, 0.2) is 24.3 Å². The van der Waals surface area contributed by atoms with Gasteiger partial charge in [-0.05, 0) is 38.5 Å². The highest BCUT2D eigenvalue weighted by atomic mass is 16.5. The molecule has 1 aromatic carbocycles. The van der Waals surface area contributed by atoms with Gasteiger partial charge in [-0.1, -0.05) is 12.1 Å². The molecule has 0 fully saturated rings. The van der Waals surface area contributed by atoms with Crippen molar-refractivity contribution in [2.45, 2.75) is 33.0 Å². The number of hydrogen-bond donors (Lipinski definition) is 1. The number of hydrogen-bond acceptors (Lipinski definition) is 3. The first-order valence-electron chi connectivity index (χ1n) is 6.11. The van der Waals surface area contributed by atoms with E-state index in [4.69, 9.17) is 4.74 Å². The van der Waals surface area contributed by atoms with Gasteiger partial charge in [0, 0.05) is 19.3 Å². The van der Waals surface area contributed by atoms with E-state index in [9.17, 15) is 5.11 Å². The molecular formula is C14H23NO2. The molecule has 0 radical (unpaired) electrons. The van der Waals surface area contributed by atoms with E-state index >= 15 is 0 Å². The van der Waals surface area contributed by atoms with Crippen LogP contribution in [-0.4, -0.2) is 31.4 Å². The largest absolute Gasteiger partial charge is 0.389 e. The van der Waals surface area contributed by atoms with Crippen LogP contribution >= 0.6 is 0 Å². The SMILES string of the molecule is CC(C)OCCN(C)c1ccc([C@@H](C)O)cc1. The zero-order chi connectivity index (χ0) is 12.8.